The summed E-state index contributed by atoms with van der Waals surface area (Å²) in [7, 11) is -5.88. The Balaban J connectivity index is 1.08. The summed E-state index contributed by atoms with van der Waals surface area (Å²) in [6.07, 6.45) is 4.88. The Kier molecular flexibility index (Phi) is 12.0. The van der Waals surface area contributed by atoms with Crippen molar-refractivity contribution >= 4 is 10.1 Å². The third-order valence-corrected chi connectivity index (χ3v) is 13.0. The number of pyridine rings is 3. The quantitative estimate of drug-likeness (QED) is 0.0949. The normalized spacial score (nSPS) is 11.6. The summed E-state index contributed by atoms with van der Waals surface area (Å²) in [5.74, 6) is -0.450. The Morgan fingerprint density at radius 1 is 0.377 bits per heavy atom. The third-order valence-electron chi connectivity index (χ3n) is 12.0. The molecule has 0 saturated heterocycles. The minimum absolute atomic E-state index is 0.140. The van der Waals surface area contributed by atoms with Crippen LogP contribution in [0.1, 0.15) is 5.56 Å². The van der Waals surface area contributed by atoms with Crippen LogP contribution in [0.15, 0.2) is 225 Å². The molecule has 10 rings (SSSR count). The summed E-state index contributed by atoms with van der Waals surface area (Å²) in [5, 5.41) is 0. The van der Waals surface area contributed by atoms with Crippen LogP contribution in [0, 0.1) is 6.92 Å². The lowest BCUT2D eigenvalue weighted by Crippen LogP contribution is -2.28. The van der Waals surface area contributed by atoms with Gasteiger partial charge in [-0.25, -0.2) is 0 Å². The lowest BCUT2D eigenvalue weighted by atomic mass is 9.86. The Morgan fingerprint density at radius 3 is 1.03 bits per heavy atom. The summed E-state index contributed by atoms with van der Waals surface area (Å²) in [6.45, 7) is 1.43. The molecule has 0 aliphatic carbocycles. The summed E-state index contributed by atoms with van der Waals surface area (Å²) in [4.78, 5) is 13.5. The van der Waals surface area contributed by atoms with E-state index >= 15 is 0 Å². The molecule has 0 fully saturated rings. The van der Waals surface area contributed by atoms with Crippen LogP contribution in [0.4, 0.5) is 13.2 Å². The number of hydrogen-bond acceptors (Lipinski definition) is 6. The van der Waals surface area contributed by atoms with Crippen molar-refractivity contribution in [1.29, 1.82) is 0 Å². The van der Waals surface area contributed by atoms with Gasteiger partial charge in [0.05, 0.1) is 17.1 Å². The molecule has 0 radical (unpaired) electrons. The van der Waals surface area contributed by atoms with Crippen LogP contribution in [0.5, 0.6) is 5.75 Å². The second kappa shape index (κ2) is 18.7. The standard InChI is InChI=1S/C59H40F3N3O3S/c1-39-38-65-57(37-58(39)68-69(66,67)59(60,61)62)45-30-24-42(25-31-45)51-14-4-7-17-54(51)48-35-46(52-15-5-2-12-49(52)40-20-26-43(27-21-40)55-18-8-10-32-63-55)34-47(36-48)53-16-6-3-13-50(53)41-22-28-44(29-23-41)56-19-9-11-33-64-56/h2-38H,1H3. The molecule has 10 aromatic rings. The predicted octanol–water partition coefficient (Wildman–Crippen LogP) is 15.4. The minimum atomic E-state index is -5.88. The number of aromatic nitrogens is 3. The summed E-state index contributed by atoms with van der Waals surface area (Å²) < 4.78 is 67.9. The highest BCUT2D eigenvalue weighted by molar-refractivity contribution is 7.88. The fraction of sp³-hybridized carbons (Fsp3) is 0.0339. The molecule has 0 atom stereocenters. The maximum Gasteiger partial charge on any atom is 0.534 e. The molecule has 7 aromatic carbocycles. The average Bonchev–Trinajstić information content (AvgIpc) is 3.39. The van der Waals surface area contributed by atoms with Crippen molar-refractivity contribution in [3.63, 3.8) is 0 Å². The van der Waals surface area contributed by atoms with Crippen molar-refractivity contribution in [2.24, 2.45) is 0 Å². The topological polar surface area (TPSA) is 82.0 Å². The van der Waals surface area contributed by atoms with E-state index in [0.717, 1.165) is 89.3 Å². The maximum absolute atomic E-state index is 13.2. The highest BCUT2D eigenvalue weighted by atomic mass is 32.2. The van der Waals surface area contributed by atoms with Crippen LogP contribution < -0.4 is 4.18 Å². The first-order valence-electron chi connectivity index (χ1n) is 22.0. The van der Waals surface area contributed by atoms with Crippen LogP contribution in [0.25, 0.3) is 101 Å². The lowest BCUT2D eigenvalue weighted by Gasteiger charge is -2.18. The van der Waals surface area contributed by atoms with Gasteiger partial charge in [0.15, 0.2) is 0 Å². The van der Waals surface area contributed by atoms with E-state index in [4.69, 9.17) is 0 Å². The van der Waals surface area contributed by atoms with Crippen molar-refractivity contribution in [3.05, 3.63) is 230 Å². The van der Waals surface area contributed by atoms with Gasteiger partial charge in [0.25, 0.3) is 0 Å². The second-order valence-electron chi connectivity index (χ2n) is 16.4. The summed E-state index contributed by atoms with van der Waals surface area (Å²) in [5.41, 5.74) is 11.5. The molecule has 0 aliphatic heterocycles. The van der Waals surface area contributed by atoms with Crippen molar-refractivity contribution in [2.45, 2.75) is 12.4 Å². The van der Waals surface area contributed by atoms with E-state index in [1.165, 1.54) is 19.2 Å². The van der Waals surface area contributed by atoms with E-state index in [1.54, 1.807) is 24.5 Å². The SMILES string of the molecule is Cc1cnc(-c2ccc(-c3ccccc3-c3cc(-c4ccccc4-c4ccc(-c5ccccn5)cc4)cc(-c4ccccc4-c4ccc(-c5ccccn5)cc4)c3)cc2)cc1OS(=O)(=O)C(F)(F)F. The zero-order valence-corrected chi connectivity index (χ0v) is 37.8. The first kappa shape index (κ1) is 44.4. The molecular formula is C59H40F3N3O3S. The van der Waals surface area contributed by atoms with E-state index in [9.17, 15) is 21.6 Å². The van der Waals surface area contributed by atoms with Gasteiger partial charge in [-0.3, -0.25) is 15.0 Å². The van der Waals surface area contributed by atoms with Crippen molar-refractivity contribution < 1.29 is 25.8 Å². The smallest absolute Gasteiger partial charge is 0.376 e. The van der Waals surface area contributed by atoms with Crippen LogP contribution in [-0.4, -0.2) is 28.9 Å². The molecule has 0 spiro atoms. The van der Waals surface area contributed by atoms with Crippen LogP contribution in [0.3, 0.4) is 0 Å². The monoisotopic (exact) mass is 927 g/mol. The van der Waals surface area contributed by atoms with E-state index in [1.807, 2.05) is 60.7 Å². The van der Waals surface area contributed by atoms with E-state index in [-0.39, 0.29) is 11.3 Å². The molecule has 336 valence electrons. The van der Waals surface area contributed by atoms with Gasteiger partial charge in [-0.15, -0.1) is 0 Å². The van der Waals surface area contributed by atoms with Gasteiger partial charge < -0.3 is 4.18 Å². The van der Waals surface area contributed by atoms with Gasteiger partial charge in [0.2, 0.25) is 0 Å². The number of alkyl halides is 3. The fourth-order valence-electron chi connectivity index (χ4n) is 8.50. The summed E-state index contributed by atoms with van der Waals surface area (Å²) >= 11 is 0. The van der Waals surface area contributed by atoms with Gasteiger partial charge in [0.1, 0.15) is 5.75 Å². The minimum Gasteiger partial charge on any atom is -0.376 e. The van der Waals surface area contributed by atoms with E-state index in [2.05, 4.69) is 147 Å². The molecule has 0 aliphatic rings. The Bertz CT molecular complexity index is 3420. The lowest BCUT2D eigenvalue weighted by molar-refractivity contribution is -0.0500. The number of halogens is 3. The third kappa shape index (κ3) is 9.30. The Labute approximate surface area is 398 Å². The molecule has 0 unspecified atom stereocenters. The fourth-order valence-corrected chi connectivity index (χ4v) is 9.01. The highest BCUT2D eigenvalue weighted by Gasteiger charge is 2.48. The van der Waals surface area contributed by atoms with Gasteiger partial charge in [-0.2, -0.15) is 21.6 Å². The largest absolute Gasteiger partial charge is 0.534 e. The molecule has 6 nitrogen and oxygen atoms in total. The average molecular weight is 928 g/mol. The zero-order valence-electron chi connectivity index (χ0n) is 37.0. The molecule has 69 heavy (non-hydrogen) atoms. The van der Waals surface area contributed by atoms with Crippen LogP contribution in [-0.2, 0) is 10.1 Å². The number of aryl methyl sites for hydroxylation is 1. The highest BCUT2D eigenvalue weighted by Crippen LogP contribution is 2.43. The first-order chi connectivity index (χ1) is 33.5. The molecule has 0 amide bonds. The number of nitrogens with zero attached hydrogens (tertiary/aromatic N) is 3. The molecule has 0 saturated carbocycles. The van der Waals surface area contributed by atoms with Gasteiger partial charge in [-0.1, -0.05) is 158 Å². The Morgan fingerprint density at radius 2 is 0.696 bits per heavy atom. The maximum atomic E-state index is 13.2. The number of hydrogen-bond donors (Lipinski definition) is 0. The summed E-state index contributed by atoms with van der Waals surface area (Å²) in [6, 6.07) is 69.2. The Hall–Kier alpha value is -8.47. The van der Waals surface area contributed by atoms with Crippen molar-refractivity contribution in [2.75, 3.05) is 0 Å². The predicted molar refractivity (Wildman–Crippen MR) is 269 cm³/mol. The van der Waals surface area contributed by atoms with Crippen molar-refractivity contribution in [1.82, 2.24) is 15.0 Å². The van der Waals surface area contributed by atoms with Crippen molar-refractivity contribution in [3.8, 4) is 106 Å². The number of rotatable bonds is 11. The van der Waals surface area contributed by atoms with Gasteiger partial charge >= 0.3 is 15.6 Å². The molecule has 3 heterocycles. The number of benzene rings is 7. The van der Waals surface area contributed by atoms with Crippen LogP contribution >= 0.6 is 0 Å². The van der Waals surface area contributed by atoms with E-state index < -0.39 is 21.4 Å². The molecule has 10 heteroatoms. The van der Waals surface area contributed by atoms with Crippen LogP contribution in [0.2, 0.25) is 0 Å². The molecular weight excluding hydrogens is 888 g/mol. The molecule has 3 aromatic heterocycles. The second-order valence-corrected chi connectivity index (χ2v) is 18.0. The van der Waals surface area contributed by atoms with E-state index in [0.29, 0.717) is 5.56 Å². The molecule has 0 bridgehead atoms. The molecule has 0 N–H and O–H groups in total. The van der Waals surface area contributed by atoms with Gasteiger partial charge in [-0.05, 0) is 116 Å². The first-order valence-corrected chi connectivity index (χ1v) is 23.5. The zero-order chi connectivity index (χ0) is 47.5. The van der Waals surface area contributed by atoms with Gasteiger partial charge in [0, 0.05) is 46.9 Å².